The van der Waals surface area contributed by atoms with Gasteiger partial charge in [0.1, 0.15) is 17.5 Å². The fraction of sp³-hybridized carbons (Fsp3) is 0.727. The molecular weight excluding hydrogens is 224 g/mol. The Morgan fingerprint density at radius 1 is 1.00 bits per heavy atom. The maximum absolute atomic E-state index is 11.1. The molecule has 2 amide bonds. The zero-order valence-corrected chi connectivity index (χ0v) is 11.2. The van der Waals surface area contributed by atoms with E-state index in [-0.39, 0.29) is 0 Å². The molecule has 0 unspecified atom stereocenters. The van der Waals surface area contributed by atoms with Crippen LogP contribution in [0.25, 0.3) is 0 Å². The second kappa shape index (κ2) is 5.65. The number of carbonyl (C=O) groups excluding carboxylic acids is 2. The Hall–Kier alpha value is -1.59. The zero-order valence-electron chi connectivity index (χ0n) is 11.2. The van der Waals surface area contributed by atoms with Gasteiger partial charge in [0.2, 0.25) is 0 Å². The van der Waals surface area contributed by atoms with E-state index in [2.05, 4.69) is 10.3 Å². The Morgan fingerprint density at radius 3 is 1.88 bits per heavy atom. The summed E-state index contributed by atoms with van der Waals surface area (Å²) >= 11 is 0. The molecule has 0 saturated carbocycles. The average molecular weight is 244 g/mol. The lowest BCUT2D eigenvalue weighted by molar-refractivity contribution is 0.0565. The molecular formula is C11H20N2O4. The molecule has 98 valence electrons. The first kappa shape index (κ1) is 15.4. The van der Waals surface area contributed by atoms with Gasteiger partial charge >= 0.3 is 12.2 Å². The molecule has 0 aromatic rings. The lowest BCUT2D eigenvalue weighted by Crippen LogP contribution is -2.32. The number of nitrogens with zero attached hydrogens (tertiary/aromatic N) is 1. The Labute approximate surface area is 101 Å². The lowest BCUT2D eigenvalue weighted by atomic mass is 10.2. The number of amides is 2. The molecule has 6 nitrogen and oxygen atoms in total. The quantitative estimate of drug-likeness (QED) is 0.567. The van der Waals surface area contributed by atoms with Crippen molar-refractivity contribution in [3.8, 4) is 0 Å². The van der Waals surface area contributed by atoms with Gasteiger partial charge in [0, 0.05) is 0 Å². The maximum Gasteiger partial charge on any atom is 0.435 e. The van der Waals surface area contributed by atoms with Crippen molar-refractivity contribution in [3.05, 3.63) is 0 Å². The minimum atomic E-state index is -0.770. The highest BCUT2D eigenvalue weighted by Gasteiger charge is 2.16. The van der Waals surface area contributed by atoms with Gasteiger partial charge in [-0.15, -0.1) is 0 Å². The average Bonchev–Trinajstić information content (AvgIpc) is 1.95. The first-order valence-corrected chi connectivity index (χ1v) is 5.25. The van der Waals surface area contributed by atoms with Crippen LogP contribution in [0.15, 0.2) is 4.99 Å². The zero-order chi connectivity index (χ0) is 13.7. The van der Waals surface area contributed by atoms with Gasteiger partial charge in [-0.2, -0.15) is 4.99 Å². The Morgan fingerprint density at radius 2 is 1.47 bits per heavy atom. The molecule has 0 spiro atoms. The Balaban J connectivity index is 4.04. The predicted octanol–water partition coefficient (Wildman–Crippen LogP) is 2.47. The number of ether oxygens (including phenoxy) is 2. The third-order valence-electron chi connectivity index (χ3n) is 1.14. The topological polar surface area (TPSA) is 77.0 Å². The van der Waals surface area contributed by atoms with Crippen molar-refractivity contribution in [3.63, 3.8) is 0 Å². The van der Waals surface area contributed by atoms with Gasteiger partial charge in [-0.3, -0.25) is 5.32 Å². The van der Waals surface area contributed by atoms with E-state index >= 15 is 0 Å². The van der Waals surface area contributed by atoms with Crippen LogP contribution < -0.4 is 5.32 Å². The van der Waals surface area contributed by atoms with Gasteiger partial charge in [0.05, 0.1) is 0 Å². The van der Waals surface area contributed by atoms with Crippen molar-refractivity contribution in [2.75, 3.05) is 0 Å². The van der Waals surface area contributed by atoms with Gasteiger partial charge in [-0.25, -0.2) is 9.59 Å². The molecule has 0 aliphatic rings. The SMILES string of the molecule is CC(C)(C)OC(=O)/N=C/NC(=O)OC(C)(C)C. The second-order valence-electron chi connectivity index (χ2n) is 5.38. The minimum absolute atomic E-state index is 0.593. The number of hydrogen-bond donors (Lipinski definition) is 1. The van der Waals surface area contributed by atoms with Crippen LogP contribution in [-0.4, -0.2) is 29.7 Å². The van der Waals surface area contributed by atoms with Gasteiger partial charge in [0.25, 0.3) is 0 Å². The van der Waals surface area contributed by atoms with Crippen LogP contribution in [-0.2, 0) is 9.47 Å². The van der Waals surface area contributed by atoms with E-state index in [9.17, 15) is 9.59 Å². The molecule has 0 aliphatic heterocycles. The van der Waals surface area contributed by atoms with Crippen molar-refractivity contribution in [1.82, 2.24) is 5.32 Å². The number of alkyl carbamates (subject to hydrolysis) is 1. The number of hydrogen-bond acceptors (Lipinski definition) is 4. The van der Waals surface area contributed by atoms with E-state index in [4.69, 9.17) is 9.47 Å². The monoisotopic (exact) mass is 244 g/mol. The largest absolute Gasteiger partial charge is 0.444 e. The van der Waals surface area contributed by atoms with Crippen LogP contribution in [0.2, 0.25) is 0 Å². The standard InChI is InChI=1S/C11H20N2O4/c1-10(2,3)16-8(14)12-7-13-9(15)17-11(4,5)6/h7H,1-6H3,(H,12,13,14,15). The molecule has 0 saturated heterocycles. The number of carbonyl (C=O) groups is 2. The second-order valence-corrected chi connectivity index (χ2v) is 5.38. The molecule has 0 heterocycles. The molecule has 17 heavy (non-hydrogen) atoms. The summed E-state index contributed by atoms with van der Waals surface area (Å²) in [6.07, 6.45) is -0.499. The van der Waals surface area contributed by atoms with Gasteiger partial charge in [0.15, 0.2) is 0 Å². The first-order valence-electron chi connectivity index (χ1n) is 5.25. The van der Waals surface area contributed by atoms with Gasteiger partial charge < -0.3 is 9.47 Å². The fourth-order valence-electron chi connectivity index (χ4n) is 0.734. The van der Waals surface area contributed by atoms with Crippen LogP contribution in [0.1, 0.15) is 41.5 Å². The van der Waals surface area contributed by atoms with Crippen LogP contribution in [0.4, 0.5) is 9.59 Å². The molecule has 0 atom stereocenters. The van der Waals surface area contributed by atoms with Gasteiger partial charge in [-0.05, 0) is 41.5 Å². The molecule has 0 radical (unpaired) electrons. The van der Waals surface area contributed by atoms with Crippen molar-refractivity contribution in [2.24, 2.45) is 4.99 Å². The summed E-state index contributed by atoms with van der Waals surface area (Å²) in [6.45, 7) is 10.4. The van der Waals surface area contributed by atoms with Crippen molar-refractivity contribution in [2.45, 2.75) is 52.7 Å². The fourth-order valence-corrected chi connectivity index (χ4v) is 0.734. The van der Waals surface area contributed by atoms with E-state index in [1.807, 2.05) is 0 Å². The van der Waals surface area contributed by atoms with E-state index < -0.39 is 23.4 Å². The highest BCUT2D eigenvalue weighted by molar-refractivity contribution is 5.87. The summed E-state index contributed by atoms with van der Waals surface area (Å²) < 4.78 is 9.82. The summed E-state index contributed by atoms with van der Waals surface area (Å²) in [5.74, 6) is 0. The van der Waals surface area contributed by atoms with E-state index in [0.717, 1.165) is 6.34 Å². The summed E-state index contributed by atoms with van der Waals surface area (Å²) in [4.78, 5) is 25.6. The normalized spacial score (nSPS) is 12.4. The van der Waals surface area contributed by atoms with Crippen LogP contribution in [0.5, 0.6) is 0 Å². The molecule has 6 heteroatoms. The van der Waals surface area contributed by atoms with Crippen molar-refractivity contribution >= 4 is 18.5 Å². The molecule has 0 aromatic carbocycles. The molecule has 0 aliphatic carbocycles. The highest BCUT2D eigenvalue weighted by Crippen LogP contribution is 2.07. The maximum atomic E-state index is 11.1. The van der Waals surface area contributed by atoms with Crippen molar-refractivity contribution in [1.29, 1.82) is 0 Å². The Bertz CT molecular complexity index is 310. The molecule has 0 rings (SSSR count). The number of rotatable bonds is 1. The first-order chi connectivity index (χ1) is 7.49. The summed E-state index contributed by atoms with van der Waals surface area (Å²) in [5.41, 5.74) is -1.20. The Kier molecular flexibility index (Phi) is 5.12. The smallest absolute Gasteiger partial charge is 0.435 e. The molecule has 0 fully saturated rings. The van der Waals surface area contributed by atoms with Gasteiger partial charge in [-0.1, -0.05) is 0 Å². The molecule has 0 aromatic heterocycles. The van der Waals surface area contributed by atoms with Crippen LogP contribution in [0.3, 0.4) is 0 Å². The highest BCUT2D eigenvalue weighted by atomic mass is 16.6. The number of nitrogens with one attached hydrogen (secondary N) is 1. The lowest BCUT2D eigenvalue weighted by Gasteiger charge is -2.18. The summed E-state index contributed by atoms with van der Waals surface area (Å²) in [7, 11) is 0. The van der Waals surface area contributed by atoms with E-state index in [1.165, 1.54) is 0 Å². The number of aliphatic imine (C=N–C) groups is 1. The third-order valence-corrected chi connectivity index (χ3v) is 1.14. The van der Waals surface area contributed by atoms with E-state index in [1.54, 1.807) is 41.5 Å². The van der Waals surface area contributed by atoms with Crippen LogP contribution >= 0.6 is 0 Å². The summed E-state index contributed by atoms with van der Waals surface area (Å²) in [5, 5.41) is 2.20. The minimum Gasteiger partial charge on any atom is -0.444 e. The van der Waals surface area contributed by atoms with E-state index in [0.29, 0.717) is 0 Å². The summed E-state index contributed by atoms with van der Waals surface area (Å²) in [6, 6.07) is 0. The predicted molar refractivity (Wildman–Crippen MR) is 64.1 cm³/mol. The molecule has 0 bridgehead atoms. The third kappa shape index (κ3) is 10.7. The molecule has 1 N–H and O–H groups in total. The van der Waals surface area contributed by atoms with Crippen LogP contribution in [0, 0.1) is 0 Å². The van der Waals surface area contributed by atoms with Crippen molar-refractivity contribution < 1.29 is 19.1 Å².